The molecule has 0 nitrogen and oxygen atoms in total. The molecule has 0 amide bonds. The average molecular weight is 197 g/mol. The molecule has 0 saturated heterocycles. The second-order valence-electron chi connectivity index (χ2n) is 1.83. The van der Waals surface area contributed by atoms with Gasteiger partial charge < -0.3 is 0 Å². The summed E-state index contributed by atoms with van der Waals surface area (Å²) in [6.07, 6.45) is 0. The Morgan fingerprint density at radius 2 is 1.67 bits per heavy atom. The summed E-state index contributed by atoms with van der Waals surface area (Å²) in [5, 5.41) is -3.45. The second-order valence-corrected chi connectivity index (χ2v) is 3.40. The van der Waals surface area contributed by atoms with E-state index in [0.29, 0.717) is 0 Å². The van der Waals surface area contributed by atoms with Gasteiger partial charge in [-0.05, 0) is 18.5 Å². The fourth-order valence-corrected chi connectivity index (χ4v) is 0.379. The molecule has 56 valence electrons. The lowest BCUT2D eigenvalue weighted by molar-refractivity contribution is 0.0609. The molecule has 0 aromatic rings. The Bertz CT molecular complexity index is 96.5. The van der Waals surface area contributed by atoms with Gasteiger partial charge in [0.2, 0.25) is 0 Å². The Morgan fingerprint density at radius 1 is 1.33 bits per heavy atom. The van der Waals surface area contributed by atoms with E-state index in [1.165, 1.54) is 0 Å². The second kappa shape index (κ2) is 2.77. The first kappa shape index (κ1) is 9.73. The third-order valence-corrected chi connectivity index (χ3v) is 2.40. The lowest BCUT2D eigenvalue weighted by Gasteiger charge is -2.23. The predicted molar refractivity (Wildman–Crippen MR) is 35.8 cm³/mol. The minimum absolute atomic E-state index is 0.384. The molecule has 0 aliphatic carbocycles. The molecule has 0 aromatic heterocycles. The van der Waals surface area contributed by atoms with Gasteiger partial charge in [-0.1, -0.05) is 0 Å². The molecule has 1 atom stereocenters. The Hall–Kier alpha value is 0.730. The first-order chi connectivity index (χ1) is 3.81. The Morgan fingerprint density at radius 3 is 1.67 bits per heavy atom. The molecule has 0 aliphatic heterocycles. The SMILES string of the molecule is CC(Cl)(CCl)C(F)(F)Cl. The summed E-state index contributed by atoms with van der Waals surface area (Å²) >= 11 is 14.8. The molecule has 0 aliphatic rings. The standard InChI is InChI=1S/C4H5Cl3F2/c1-3(6,2-5)4(7,8)9/h2H2,1H3. The minimum Gasteiger partial charge on any atom is -0.186 e. The highest BCUT2D eigenvalue weighted by Crippen LogP contribution is 2.38. The van der Waals surface area contributed by atoms with Gasteiger partial charge in [0.25, 0.3) is 0 Å². The maximum atomic E-state index is 12.0. The maximum absolute atomic E-state index is 12.0. The number of hydrogen-bond donors (Lipinski definition) is 0. The predicted octanol–water partition coefficient (Wildman–Crippen LogP) is 3.05. The van der Waals surface area contributed by atoms with Gasteiger partial charge in [0.15, 0.2) is 0 Å². The molecule has 0 heterocycles. The van der Waals surface area contributed by atoms with Crippen molar-refractivity contribution in [3.8, 4) is 0 Å². The molecule has 0 bridgehead atoms. The van der Waals surface area contributed by atoms with E-state index in [1.54, 1.807) is 0 Å². The zero-order chi connectivity index (χ0) is 7.71. The van der Waals surface area contributed by atoms with Gasteiger partial charge in [-0.2, -0.15) is 8.78 Å². The van der Waals surface area contributed by atoms with Crippen LogP contribution in [0.4, 0.5) is 8.78 Å². The van der Waals surface area contributed by atoms with Crippen molar-refractivity contribution in [3.05, 3.63) is 0 Å². The van der Waals surface area contributed by atoms with Crippen molar-refractivity contribution in [1.29, 1.82) is 0 Å². The maximum Gasteiger partial charge on any atom is 0.341 e. The van der Waals surface area contributed by atoms with Gasteiger partial charge in [0.05, 0.1) is 0 Å². The van der Waals surface area contributed by atoms with E-state index in [4.69, 9.17) is 23.2 Å². The molecular weight excluding hydrogens is 192 g/mol. The van der Waals surface area contributed by atoms with Gasteiger partial charge >= 0.3 is 5.38 Å². The molecule has 5 heteroatoms. The topological polar surface area (TPSA) is 0 Å². The van der Waals surface area contributed by atoms with Crippen LogP contribution in [0.15, 0.2) is 0 Å². The summed E-state index contributed by atoms with van der Waals surface area (Å²) in [5.41, 5.74) is 0. The van der Waals surface area contributed by atoms with Crippen molar-refractivity contribution in [1.82, 2.24) is 0 Å². The van der Waals surface area contributed by atoms with E-state index in [9.17, 15) is 8.78 Å². The number of alkyl halides is 5. The van der Waals surface area contributed by atoms with Crippen molar-refractivity contribution < 1.29 is 8.78 Å². The fraction of sp³-hybridized carbons (Fsp3) is 1.00. The van der Waals surface area contributed by atoms with Gasteiger partial charge in [-0.25, -0.2) is 0 Å². The van der Waals surface area contributed by atoms with Crippen LogP contribution in [0.1, 0.15) is 6.92 Å². The summed E-state index contributed by atoms with van der Waals surface area (Å²) in [4.78, 5) is -1.85. The van der Waals surface area contributed by atoms with Crippen LogP contribution >= 0.6 is 34.8 Å². The average Bonchev–Trinajstić information content (AvgIpc) is 1.64. The third kappa shape index (κ3) is 2.44. The van der Waals surface area contributed by atoms with Crippen LogP contribution in [0.3, 0.4) is 0 Å². The van der Waals surface area contributed by atoms with E-state index >= 15 is 0 Å². The van der Waals surface area contributed by atoms with Crippen LogP contribution in [0.2, 0.25) is 0 Å². The van der Waals surface area contributed by atoms with Crippen molar-refractivity contribution in [2.24, 2.45) is 0 Å². The third-order valence-electron chi connectivity index (χ3n) is 0.842. The van der Waals surface area contributed by atoms with Crippen molar-refractivity contribution >= 4 is 34.8 Å². The van der Waals surface area contributed by atoms with Gasteiger partial charge in [0, 0.05) is 5.88 Å². The highest BCUT2D eigenvalue weighted by atomic mass is 35.5. The Kier molecular flexibility index (Phi) is 2.99. The Labute approximate surface area is 67.1 Å². The number of halogens is 5. The minimum atomic E-state index is -3.45. The van der Waals surface area contributed by atoms with Crippen LogP contribution in [0.25, 0.3) is 0 Å². The summed E-state index contributed by atoms with van der Waals surface area (Å²) < 4.78 is 24.1. The number of hydrogen-bond acceptors (Lipinski definition) is 0. The van der Waals surface area contributed by atoms with E-state index in [-0.39, 0.29) is 5.88 Å². The molecule has 0 saturated carbocycles. The van der Waals surface area contributed by atoms with E-state index in [0.717, 1.165) is 6.92 Å². The molecule has 9 heavy (non-hydrogen) atoms. The molecule has 0 spiro atoms. The van der Waals surface area contributed by atoms with Crippen molar-refractivity contribution in [3.63, 3.8) is 0 Å². The van der Waals surface area contributed by atoms with Crippen LogP contribution < -0.4 is 0 Å². The molecule has 0 rings (SSSR count). The fourth-order valence-electron chi connectivity index (χ4n) is 0.0758. The summed E-state index contributed by atoms with van der Waals surface area (Å²) in [5.74, 6) is -0.384. The first-order valence-electron chi connectivity index (χ1n) is 2.13. The molecule has 0 radical (unpaired) electrons. The first-order valence-corrected chi connectivity index (χ1v) is 3.42. The Balaban J connectivity index is 4.14. The number of rotatable bonds is 2. The van der Waals surface area contributed by atoms with Gasteiger partial charge in [-0.15, -0.1) is 23.2 Å². The summed E-state index contributed by atoms with van der Waals surface area (Å²) in [6.45, 7) is 1.08. The zero-order valence-corrected chi connectivity index (χ0v) is 6.86. The molecular formula is C4H5Cl3F2. The highest BCUT2D eigenvalue weighted by molar-refractivity contribution is 6.36. The van der Waals surface area contributed by atoms with Crippen molar-refractivity contribution in [2.45, 2.75) is 17.2 Å². The summed E-state index contributed by atoms with van der Waals surface area (Å²) in [6, 6.07) is 0. The molecule has 0 fully saturated rings. The van der Waals surface area contributed by atoms with Gasteiger partial charge in [-0.3, -0.25) is 0 Å². The van der Waals surface area contributed by atoms with Crippen molar-refractivity contribution in [2.75, 3.05) is 5.88 Å². The zero-order valence-electron chi connectivity index (χ0n) is 4.60. The molecule has 0 N–H and O–H groups in total. The highest BCUT2D eigenvalue weighted by Gasteiger charge is 2.46. The normalized spacial score (nSPS) is 19.3. The quantitative estimate of drug-likeness (QED) is 0.597. The van der Waals surface area contributed by atoms with Crippen LogP contribution in [0, 0.1) is 0 Å². The lowest BCUT2D eigenvalue weighted by Crippen LogP contribution is -2.37. The van der Waals surface area contributed by atoms with E-state index in [1.807, 2.05) is 0 Å². The largest absolute Gasteiger partial charge is 0.341 e. The van der Waals surface area contributed by atoms with Gasteiger partial charge in [0.1, 0.15) is 4.87 Å². The van der Waals surface area contributed by atoms with E-state index in [2.05, 4.69) is 11.6 Å². The van der Waals surface area contributed by atoms with Crippen LogP contribution in [0.5, 0.6) is 0 Å². The smallest absolute Gasteiger partial charge is 0.186 e. The van der Waals surface area contributed by atoms with Crippen LogP contribution in [-0.2, 0) is 0 Å². The molecule has 1 unspecified atom stereocenters. The summed E-state index contributed by atoms with van der Waals surface area (Å²) in [7, 11) is 0. The van der Waals surface area contributed by atoms with E-state index < -0.39 is 10.3 Å². The van der Waals surface area contributed by atoms with Crippen LogP contribution in [-0.4, -0.2) is 16.1 Å². The monoisotopic (exact) mass is 196 g/mol. The lowest BCUT2D eigenvalue weighted by atomic mass is 10.2. The molecule has 0 aromatic carbocycles.